The molecule has 8 aliphatic rings. The summed E-state index contributed by atoms with van der Waals surface area (Å²) in [5.74, 6) is -15.2. The number of aliphatic hydroxyl groups excluding tert-OH is 10. The summed E-state index contributed by atoms with van der Waals surface area (Å²) in [4.78, 5) is 34.6. The molecule has 0 amide bonds. The van der Waals surface area contributed by atoms with Crippen LogP contribution in [0.3, 0.4) is 0 Å². The number of hydrogen-bond donors (Lipinski definition) is 16. The van der Waals surface area contributed by atoms with E-state index in [2.05, 4.69) is 102 Å². The maximum absolute atomic E-state index is 14.8. The fourth-order valence-electron chi connectivity index (χ4n) is 15.9. The molecule has 48 heteroatoms. The number of anilines is 4. The maximum Gasteiger partial charge on any atom is 0.191 e. The first-order chi connectivity index (χ1) is 84.8. The number of thioether (sulfide) groups is 4. The Bertz CT molecular complexity index is 8560. The van der Waals surface area contributed by atoms with E-state index in [4.69, 9.17) is 78.9 Å². The van der Waals surface area contributed by atoms with Crippen molar-refractivity contribution in [1.82, 2.24) is 99.8 Å². The molecule has 8 saturated carbocycles. The number of rotatable bonds is 40. The van der Waals surface area contributed by atoms with Crippen LogP contribution in [0, 0.1) is 51.0 Å². The molecule has 40 nitrogen and oxygen atoms in total. The first kappa shape index (κ1) is 66.0. The lowest BCUT2D eigenvalue weighted by molar-refractivity contribution is -0.0629. The highest BCUT2D eigenvalue weighted by atomic mass is 32.2. The summed E-state index contributed by atoms with van der Waals surface area (Å²) in [6.45, 7) is -2.98. The fourth-order valence-corrected chi connectivity index (χ4v) is 18.1. The minimum Gasteiger partial charge on any atom is -0.394 e. The Labute approximate surface area is 899 Å². The zero-order chi connectivity index (χ0) is 137. The van der Waals surface area contributed by atoms with E-state index in [-0.39, 0.29) is 169 Å². The number of fused-ring (bicyclic) bond motifs is 4. The molecular formula is C96H124F4N24O16S4. The Balaban J connectivity index is 0.000000161. The molecule has 0 radical (unpaired) electrons. The van der Waals surface area contributed by atoms with Crippen LogP contribution in [0.15, 0.2) is 93.1 Å². The quantitative estimate of drug-likeness (QED) is 0.00969. The molecule has 776 valence electrons. The minimum absolute atomic E-state index is 0.000239. The first-order valence-electron chi connectivity index (χ1n) is 64.9. The molecule has 8 aromatic heterocycles. The van der Waals surface area contributed by atoms with Gasteiger partial charge in [-0.05, 0) is 148 Å². The molecule has 0 bridgehead atoms. The summed E-state index contributed by atoms with van der Waals surface area (Å²) in [5, 5.41) is 165. The molecule has 8 fully saturated rings. The molecule has 0 aliphatic heterocycles. The fraction of sp³-hybridized carbons (Fsp3) is 0.583. The van der Waals surface area contributed by atoms with E-state index in [1.165, 1.54) is 32.4 Å². The Hall–Kier alpha value is -9.52. The van der Waals surface area contributed by atoms with Crippen LogP contribution in [0.2, 0.25) is 0 Å². The third-order valence-corrected chi connectivity index (χ3v) is 26.6. The van der Waals surface area contributed by atoms with Crippen molar-refractivity contribution in [3.63, 3.8) is 0 Å². The standard InChI is InChI=1S/4C24H31FN6O4S/c4*1-3-8-36-24-27-22(26-16-10-14(16)13-5-4-12(2)15(25)9-13)19-23(28-24)31(30-29-19)17-11-18(35-7-6-32)21(34)20(17)33/h4*4-5,9,14,16-18,20-21,32-34H,3,6-8,10-11H2,1-2H3,(H,26,27,28)/t4*14-,16+,17+,18-,20-,21+/m0000/s1/i4D,5D,6D2,7D2,8D2,9D,10D2,14D;4D,5D,7D2,8D2,9D,10D2,14D;4D,5D,6D2,8D2,9D,10D2,14D;4D,5D,8D2,9D,10D2,14D. The van der Waals surface area contributed by atoms with Crippen LogP contribution in [0.25, 0.3) is 44.7 Å². The van der Waals surface area contributed by atoms with Crippen molar-refractivity contribution in [2.45, 2.75) is 298 Å². The van der Waals surface area contributed by atoms with Crippen molar-refractivity contribution >= 4 is 115 Å². The minimum atomic E-state index is -3.47. The molecule has 0 unspecified atom stereocenters. The summed E-state index contributed by atoms with van der Waals surface area (Å²) >= 11 is 2.45. The van der Waals surface area contributed by atoms with Crippen molar-refractivity contribution in [1.29, 1.82) is 0 Å². The smallest absolute Gasteiger partial charge is 0.191 e. The number of benzene rings is 4. The van der Waals surface area contributed by atoms with Crippen molar-refractivity contribution in [3.05, 3.63) is 140 Å². The third kappa shape index (κ3) is 23.8. The highest BCUT2D eigenvalue weighted by Gasteiger charge is 2.51. The lowest BCUT2D eigenvalue weighted by atomic mass is 10.1. The molecule has 8 heterocycles. The molecule has 0 saturated heterocycles. The van der Waals surface area contributed by atoms with Gasteiger partial charge in [0.15, 0.2) is 88.6 Å². The zero-order valence-electron chi connectivity index (χ0n) is 117. The van der Waals surface area contributed by atoms with E-state index in [0.29, 0.717) is 47.0 Å². The van der Waals surface area contributed by atoms with E-state index in [1.54, 1.807) is 27.7 Å². The number of nitrogens with zero attached hydrogens (tertiary/aromatic N) is 20. The Morgan fingerprint density at radius 3 is 0.861 bits per heavy atom. The first-order valence-corrected chi connectivity index (χ1v) is 48.2. The van der Waals surface area contributed by atoms with Gasteiger partial charge in [-0.25, -0.2) is 76.2 Å². The molecule has 0 spiro atoms. The summed E-state index contributed by atoms with van der Waals surface area (Å²) in [6, 6.07) is -19.1. The number of aliphatic hydroxyl groups is 12. The van der Waals surface area contributed by atoms with Crippen molar-refractivity contribution < 1.29 is 153 Å². The average molecular weight is 2110 g/mol. The van der Waals surface area contributed by atoms with Crippen LogP contribution in [-0.2, 0) is 18.9 Å². The normalized spacial score (nSPS) is 35.9. The molecular weight excluding hydrogens is 1950 g/mol. The van der Waals surface area contributed by atoms with E-state index >= 15 is 0 Å². The van der Waals surface area contributed by atoms with Crippen LogP contribution >= 0.6 is 47.0 Å². The second-order valence-electron chi connectivity index (χ2n) is 33.0. The Morgan fingerprint density at radius 1 is 0.361 bits per heavy atom. The third-order valence-electron chi connectivity index (χ3n) is 23.4. The van der Waals surface area contributed by atoms with Crippen LogP contribution in [0.1, 0.15) is 252 Å². The van der Waals surface area contributed by atoms with E-state index < -0.39 is 357 Å². The van der Waals surface area contributed by atoms with E-state index in [9.17, 15) is 73.7 Å². The van der Waals surface area contributed by atoms with Gasteiger partial charge in [0.1, 0.15) is 72.1 Å². The van der Waals surface area contributed by atoms with Crippen LogP contribution in [0.5, 0.6) is 0 Å². The largest absolute Gasteiger partial charge is 0.394 e. The van der Waals surface area contributed by atoms with Gasteiger partial charge in [-0.3, -0.25) is 0 Å². The van der Waals surface area contributed by atoms with Crippen molar-refractivity contribution in [3.8, 4) is 0 Å². The van der Waals surface area contributed by atoms with Crippen LogP contribution in [-0.4, -0.2) is 334 Å². The van der Waals surface area contributed by atoms with E-state index in [1.807, 2.05) is 0 Å². The number of nitrogens with one attached hydrogen (secondary N) is 4. The van der Waals surface area contributed by atoms with Crippen LogP contribution in [0.4, 0.5) is 40.8 Å². The van der Waals surface area contributed by atoms with Gasteiger partial charge in [0.2, 0.25) is 0 Å². The highest BCUT2D eigenvalue weighted by Crippen LogP contribution is 2.50. The van der Waals surface area contributed by atoms with Crippen LogP contribution < -0.4 is 21.3 Å². The topological polar surface area (TPSA) is 554 Å². The SMILES string of the molecule is [2H]c1c([2H])c([C@@]2([2H])[C@H](Nc3nc(SC([2H])([2H])CC)nc4c3nnn4[C@@H]3C[C@H](OC([2H])([2H])C([2H])([2H])O)[C@@H](O)[C@H]3O)C2([2H])[2H])c([2H])c(F)c1C.[2H]c1c([2H])c([C@@]2([2H])[C@H](Nc3nc(SC([2H])([2H])CC)nc4c3nnn4[C@@H]3C[C@H](OC([2H])([2H])CO)[C@@H](O)[C@H]3O)C2([2H])[2H])c([2H])c(F)c1C.[2H]c1c([2H])c([C@@]2([2H])[C@H](Nc3nc(SC([2H])([2H])CC)nc4c3nnn4[C@@H]3C[C@H](OCC([2H])([2H])O)[C@@H](O)[C@H]3O)C2([2H])[2H])c([2H])c(F)c1C.[2H]c1c([2H])c([C@@]2([2H])[C@H](Nc3nc(SC([2H])([2H])CC)nc4c3nnn4[C@@H]3C[C@H](OCCO)[C@@H](O)[C@H]3O)C2([2H])[2H])c([2H])c(F)c1C. The lowest BCUT2D eigenvalue weighted by Gasteiger charge is -2.17. The average Bonchev–Trinajstić information content (AvgIpc) is 1.51. The molecule has 8 aliphatic carbocycles. The summed E-state index contributed by atoms with van der Waals surface area (Å²) in [6.07, 6.45) is -27.9. The molecule has 24 atom stereocenters. The van der Waals surface area contributed by atoms with Crippen molar-refractivity contribution in [2.75, 3.05) is 96.8 Å². The monoisotopic (exact) mass is 2110 g/mol. The molecule has 144 heavy (non-hydrogen) atoms. The number of ether oxygens (including phenoxy) is 4. The summed E-state index contributed by atoms with van der Waals surface area (Å²) in [7, 11) is 0. The molecule has 12 aromatic rings. The summed E-state index contributed by atoms with van der Waals surface area (Å²) < 4.78 is 413. The second-order valence-corrected chi connectivity index (χ2v) is 36.5. The molecule has 16 N–H and O–H groups in total. The van der Waals surface area contributed by atoms with Gasteiger partial charge in [-0.1, -0.05) is 144 Å². The maximum atomic E-state index is 14.8. The Kier molecular flexibility index (Phi) is 21.7. The predicted molar refractivity (Wildman–Crippen MR) is 530 cm³/mol. The van der Waals surface area contributed by atoms with Crippen molar-refractivity contribution in [2.24, 2.45) is 0 Å². The predicted octanol–water partition coefficient (Wildman–Crippen LogP) is 8.73. The van der Waals surface area contributed by atoms with Gasteiger partial charge >= 0.3 is 0 Å². The molecule has 20 rings (SSSR count). The van der Waals surface area contributed by atoms with Gasteiger partial charge in [-0.2, -0.15) is 0 Å². The van der Waals surface area contributed by atoms with Gasteiger partial charge in [0.05, 0.1) is 129 Å². The van der Waals surface area contributed by atoms with Gasteiger partial charge in [0, 0.05) is 124 Å². The van der Waals surface area contributed by atoms with Gasteiger partial charge < -0.3 is 101 Å². The number of halogens is 4. The van der Waals surface area contributed by atoms with Gasteiger partial charge in [-0.15, -0.1) is 20.4 Å². The van der Waals surface area contributed by atoms with Gasteiger partial charge in [0.25, 0.3) is 0 Å². The Morgan fingerprint density at radius 2 is 0.618 bits per heavy atom. The number of aromatic nitrogens is 20. The lowest BCUT2D eigenvalue weighted by Crippen LogP contribution is -2.33. The zero-order valence-corrected chi connectivity index (χ0v) is 80.4. The highest BCUT2D eigenvalue weighted by molar-refractivity contribution is 7.99. The molecule has 4 aromatic carbocycles. The summed E-state index contributed by atoms with van der Waals surface area (Å²) in [5.41, 5.74) is -12.0. The van der Waals surface area contributed by atoms with E-state index in [0.717, 1.165) is 14.0 Å². The number of hydrogen-bond acceptors (Lipinski definition) is 40. The second kappa shape index (κ2) is 47.3.